The molecular formula is C25H18FN3O4. The highest BCUT2D eigenvalue weighted by Crippen LogP contribution is 2.27. The maximum atomic E-state index is 13.1. The van der Waals surface area contributed by atoms with Crippen molar-refractivity contribution in [1.29, 1.82) is 0 Å². The first-order valence-electron chi connectivity index (χ1n) is 9.98. The fraction of sp³-hybridized carbons (Fsp3) is 0.0400. The van der Waals surface area contributed by atoms with Crippen LogP contribution >= 0.6 is 0 Å². The number of non-ortho nitro benzene ring substituents is 1. The van der Waals surface area contributed by atoms with Crippen LogP contribution in [0.3, 0.4) is 0 Å². The number of rotatable bonds is 7. The fourth-order valence-electron chi connectivity index (χ4n) is 3.23. The van der Waals surface area contributed by atoms with E-state index in [0.717, 1.165) is 16.3 Å². The molecule has 0 fully saturated rings. The predicted molar refractivity (Wildman–Crippen MR) is 123 cm³/mol. The molecule has 0 spiro atoms. The topological polar surface area (TPSA) is 93.8 Å². The van der Waals surface area contributed by atoms with Crippen molar-refractivity contribution in [2.24, 2.45) is 5.10 Å². The molecule has 0 saturated carbocycles. The van der Waals surface area contributed by atoms with E-state index in [1.807, 2.05) is 36.4 Å². The molecule has 0 heterocycles. The highest BCUT2D eigenvalue weighted by atomic mass is 19.1. The van der Waals surface area contributed by atoms with Gasteiger partial charge < -0.3 is 4.74 Å². The van der Waals surface area contributed by atoms with Gasteiger partial charge in [0.25, 0.3) is 11.6 Å². The summed E-state index contributed by atoms with van der Waals surface area (Å²) in [6.45, 7) is 0.231. The smallest absolute Gasteiger partial charge is 0.271 e. The minimum absolute atomic E-state index is 0.103. The molecule has 4 aromatic carbocycles. The number of halogens is 1. The quantitative estimate of drug-likeness (QED) is 0.240. The third kappa shape index (κ3) is 5.19. The predicted octanol–water partition coefficient (Wildman–Crippen LogP) is 5.23. The van der Waals surface area contributed by atoms with Crippen LogP contribution in [0.1, 0.15) is 21.5 Å². The Kier molecular flexibility index (Phi) is 6.36. The van der Waals surface area contributed by atoms with Gasteiger partial charge in [-0.25, -0.2) is 9.82 Å². The van der Waals surface area contributed by atoms with E-state index in [4.69, 9.17) is 4.74 Å². The number of ether oxygens (including phenoxy) is 1. The Bertz CT molecular complexity index is 1340. The van der Waals surface area contributed by atoms with Gasteiger partial charge in [0.15, 0.2) is 0 Å². The number of fused-ring (bicyclic) bond motifs is 1. The lowest BCUT2D eigenvalue weighted by Crippen LogP contribution is -2.17. The van der Waals surface area contributed by atoms with Crippen LogP contribution < -0.4 is 10.2 Å². The molecule has 0 unspecified atom stereocenters. The second-order valence-corrected chi connectivity index (χ2v) is 7.12. The van der Waals surface area contributed by atoms with Crippen LogP contribution in [0.4, 0.5) is 10.1 Å². The van der Waals surface area contributed by atoms with Gasteiger partial charge in [-0.1, -0.05) is 42.5 Å². The van der Waals surface area contributed by atoms with Gasteiger partial charge in [0.1, 0.15) is 18.2 Å². The summed E-state index contributed by atoms with van der Waals surface area (Å²) in [7, 11) is 0. The zero-order valence-corrected chi connectivity index (χ0v) is 17.3. The van der Waals surface area contributed by atoms with Crippen LogP contribution in [0, 0.1) is 15.9 Å². The Morgan fingerprint density at radius 1 is 1.00 bits per heavy atom. The number of benzene rings is 4. The molecule has 0 aliphatic carbocycles. The summed E-state index contributed by atoms with van der Waals surface area (Å²) in [5, 5.41) is 16.7. The van der Waals surface area contributed by atoms with Crippen LogP contribution in [-0.4, -0.2) is 17.0 Å². The van der Waals surface area contributed by atoms with E-state index in [0.29, 0.717) is 11.3 Å². The molecule has 164 valence electrons. The van der Waals surface area contributed by atoms with E-state index in [1.54, 1.807) is 12.1 Å². The first kappa shape index (κ1) is 21.6. The van der Waals surface area contributed by atoms with E-state index < -0.39 is 10.8 Å². The molecule has 33 heavy (non-hydrogen) atoms. The van der Waals surface area contributed by atoms with Gasteiger partial charge in [0, 0.05) is 23.3 Å². The number of carbonyl (C=O) groups excluding carboxylic acids is 1. The van der Waals surface area contributed by atoms with Crippen molar-refractivity contribution < 1.29 is 18.8 Å². The van der Waals surface area contributed by atoms with Crippen molar-refractivity contribution >= 4 is 28.6 Å². The van der Waals surface area contributed by atoms with Gasteiger partial charge in [-0.15, -0.1) is 0 Å². The summed E-state index contributed by atoms with van der Waals surface area (Å²) < 4.78 is 19.1. The number of nitrogens with zero attached hydrogens (tertiary/aromatic N) is 2. The Hall–Kier alpha value is -4.59. The van der Waals surface area contributed by atoms with Crippen molar-refractivity contribution in [3.8, 4) is 5.75 Å². The maximum Gasteiger partial charge on any atom is 0.271 e. The Morgan fingerprint density at radius 2 is 1.73 bits per heavy atom. The van der Waals surface area contributed by atoms with Crippen LogP contribution in [0.2, 0.25) is 0 Å². The minimum Gasteiger partial charge on any atom is -0.488 e. The Labute approximate surface area is 188 Å². The standard InChI is InChI=1S/C25H18FN3O4/c26-20-10-5-17(6-11-20)16-33-24-14-9-18-3-1-2-4-22(18)23(24)15-27-28-25(30)19-7-12-21(13-8-19)29(31)32/h1-15H,16H2,(H,28,30)/b27-15-. The summed E-state index contributed by atoms with van der Waals surface area (Å²) in [5.41, 5.74) is 4.04. The lowest BCUT2D eigenvalue weighted by molar-refractivity contribution is -0.384. The van der Waals surface area contributed by atoms with Crippen molar-refractivity contribution in [1.82, 2.24) is 5.43 Å². The largest absolute Gasteiger partial charge is 0.488 e. The monoisotopic (exact) mass is 443 g/mol. The molecule has 1 N–H and O–H groups in total. The molecule has 0 saturated heterocycles. The highest BCUT2D eigenvalue weighted by molar-refractivity contribution is 6.03. The number of nitrogens with one attached hydrogen (secondary N) is 1. The number of hydrazone groups is 1. The van der Waals surface area contributed by atoms with Gasteiger partial charge in [-0.05, 0) is 46.7 Å². The zero-order valence-electron chi connectivity index (χ0n) is 17.3. The van der Waals surface area contributed by atoms with Gasteiger partial charge in [0.05, 0.1) is 11.1 Å². The van der Waals surface area contributed by atoms with Crippen LogP contribution in [0.5, 0.6) is 5.75 Å². The molecule has 0 atom stereocenters. The molecule has 4 rings (SSSR count). The summed E-state index contributed by atoms with van der Waals surface area (Å²) >= 11 is 0. The molecule has 4 aromatic rings. The summed E-state index contributed by atoms with van der Waals surface area (Å²) in [6, 6.07) is 22.7. The van der Waals surface area contributed by atoms with Gasteiger partial charge >= 0.3 is 0 Å². The number of amides is 1. The molecule has 1 amide bonds. The first-order valence-corrected chi connectivity index (χ1v) is 9.98. The molecule has 0 bridgehead atoms. The van der Waals surface area contributed by atoms with E-state index in [2.05, 4.69) is 10.5 Å². The van der Waals surface area contributed by atoms with Crippen molar-refractivity contribution in [2.75, 3.05) is 0 Å². The zero-order chi connectivity index (χ0) is 23.2. The average molecular weight is 443 g/mol. The van der Waals surface area contributed by atoms with Gasteiger partial charge in [0.2, 0.25) is 0 Å². The van der Waals surface area contributed by atoms with Crippen LogP contribution in [-0.2, 0) is 6.61 Å². The summed E-state index contributed by atoms with van der Waals surface area (Å²) in [4.78, 5) is 22.6. The SMILES string of the molecule is O=C(N/N=C\c1c(OCc2ccc(F)cc2)ccc2ccccc12)c1ccc([N+](=O)[O-])cc1. The lowest BCUT2D eigenvalue weighted by Gasteiger charge is -2.12. The van der Waals surface area contributed by atoms with Crippen molar-refractivity contribution in [3.63, 3.8) is 0 Å². The average Bonchev–Trinajstić information content (AvgIpc) is 2.84. The Morgan fingerprint density at radius 3 is 2.45 bits per heavy atom. The first-order chi connectivity index (χ1) is 16.0. The third-order valence-corrected chi connectivity index (χ3v) is 4.94. The second kappa shape index (κ2) is 9.69. The summed E-state index contributed by atoms with van der Waals surface area (Å²) in [5.74, 6) is -0.275. The lowest BCUT2D eigenvalue weighted by atomic mass is 10.0. The van der Waals surface area contributed by atoms with Gasteiger partial charge in [-0.3, -0.25) is 14.9 Å². The summed E-state index contributed by atoms with van der Waals surface area (Å²) in [6.07, 6.45) is 1.49. The number of nitro benzene ring substituents is 1. The van der Waals surface area contributed by atoms with Crippen LogP contribution in [0.15, 0.2) is 90.0 Å². The van der Waals surface area contributed by atoms with E-state index in [-0.39, 0.29) is 23.7 Å². The van der Waals surface area contributed by atoms with Crippen molar-refractivity contribution in [2.45, 2.75) is 6.61 Å². The minimum atomic E-state index is -0.534. The number of hydrogen-bond acceptors (Lipinski definition) is 5. The third-order valence-electron chi connectivity index (χ3n) is 4.94. The Balaban J connectivity index is 1.55. The molecule has 8 heteroatoms. The van der Waals surface area contributed by atoms with Gasteiger partial charge in [-0.2, -0.15) is 5.10 Å². The molecule has 0 aromatic heterocycles. The molecule has 0 aliphatic rings. The van der Waals surface area contributed by atoms with E-state index in [1.165, 1.54) is 42.6 Å². The number of carbonyl (C=O) groups is 1. The fourth-order valence-corrected chi connectivity index (χ4v) is 3.23. The maximum absolute atomic E-state index is 13.1. The van der Waals surface area contributed by atoms with E-state index in [9.17, 15) is 19.3 Å². The molecule has 0 aliphatic heterocycles. The number of hydrogen-bond donors (Lipinski definition) is 1. The highest BCUT2D eigenvalue weighted by Gasteiger charge is 2.10. The van der Waals surface area contributed by atoms with Crippen LogP contribution in [0.25, 0.3) is 10.8 Å². The normalized spacial score (nSPS) is 10.9. The molecule has 7 nitrogen and oxygen atoms in total. The number of nitro groups is 1. The second-order valence-electron chi connectivity index (χ2n) is 7.12. The van der Waals surface area contributed by atoms with E-state index >= 15 is 0 Å². The van der Waals surface area contributed by atoms with Crippen molar-refractivity contribution in [3.05, 3.63) is 118 Å². The molecule has 0 radical (unpaired) electrons. The molecular weight excluding hydrogens is 425 g/mol.